The van der Waals surface area contributed by atoms with Crippen LogP contribution in [0.2, 0.25) is 0 Å². The van der Waals surface area contributed by atoms with Crippen LogP contribution in [-0.4, -0.2) is 53.5 Å². The lowest BCUT2D eigenvalue weighted by Crippen LogP contribution is -2.56. The molecule has 0 aromatic rings. The Morgan fingerprint density at radius 2 is 1.68 bits per heavy atom. The minimum Gasteiger partial charge on any atom is -0.333 e. The lowest BCUT2D eigenvalue weighted by Gasteiger charge is -2.39. The number of piperazine rings is 1. The maximum Gasteiger partial charge on any atom is 0.312 e. The van der Waals surface area contributed by atoms with Crippen LogP contribution in [0.1, 0.15) is 39.0 Å². The molecule has 2 amide bonds. The fourth-order valence-corrected chi connectivity index (χ4v) is 3.66. The Balaban J connectivity index is 1.99. The van der Waals surface area contributed by atoms with Crippen LogP contribution >= 0.6 is 12.6 Å². The van der Waals surface area contributed by atoms with Crippen molar-refractivity contribution in [2.45, 2.75) is 39.0 Å². The summed E-state index contributed by atoms with van der Waals surface area (Å²) in [6.07, 6.45) is 5.61. The van der Waals surface area contributed by atoms with E-state index in [1.165, 1.54) is 12.8 Å². The topological polar surface area (TPSA) is 40.6 Å². The predicted octanol–water partition coefficient (Wildman–Crippen LogP) is 1.56. The summed E-state index contributed by atoms with van der Waals surface area (Å²) in [6, 6.07) is 0. The number of carbonyl (C=O) groups is 2. The van der Waals surface area contributed by atoms with Gasteiger partial charge in [0.15, 0.2) is 0 Å². The highest BCUT2D eigenvalue weighted by molar-refractivity contribution is 7.80. The lowest BCUT2D eigenvalue weighted by atomic mass is 9.87. The lowest BCUT2D eigenvalue weighted by molar-refractivity contribution is -0.157. The zero-order chi connectivity index (χ0) is 13.9. The van der Waals surface area contributed by atoms with Crippen molar-refractivity contribution in [1.29, 1.82) is 0 Å². The van der Waals surface area contributed by atoms with Crippen LogP contribution in [0.3, 0.4) is 0 Å². The van der Waals surface area contributed by atoms with E-state index in [-0.39, 0.29) is 17.2 Å². The van der Waals surface area contributed by atoms with Crippen LogP contribution < -0.4 is 0 Å². The van der Waals surface area contributed by atoms with Crippen molar-refractivity contribution < 1.29 is 9.59 Å². The molecule has 2 fully saturated rings. The molecule has 1 heterocycles. The molecule has 1 aliphatic heterocycles. The summed E-state index contributed by atoms with van der Waals surface area (Å²) < 4.78 is 0. The minimum absolute atomic E-state index is 0.145. The van der Waals surface area contributed by atoms with E-state index in [0.717, 1.165) is 25.0 Å². The summed E-state index contributed by atoms with van der Waals surface area (Å²) >= 11 is 4.47. The van der Waals surface area contributed by atoms with Crippen molar-refractivity contribution in [3.05, 3.63) is 0 Å². The van der Waals surface area contributed by atoms with Crippen LogP contribution in [0.4, 0.5) is 0 Å². The van der Waals surface area contributed by atoms with Gasteiger partial charge in [-0.05, 0) is 30.4 Å². The SMILES string of the molecule is CCCN1CCN(CC2(CS)CCCC2)C(=O)C1=O. The molecular formula is C14H24N2O2S. The molecular weight excluding hydrogens is 260 g/mol. The largest absolute Gasteiger partial charge is 0.333 e. The van der Waals surface area contributed by atoms with Crippen LogP contribution in [-0.2, 0) is 9.59 Å². The standard InChI is InChI=1S/C14H24N2O2S/c1-2-7-15-8-9-16(13(18)12(15)17)10-14(11-19)5-3-4-6-14/h19H,2-11H2,1H3. The highest BCUT2D eigenvalue weighted by Gasteiger charge is 2.39. The van der Waals surface area contributed by atoms with Crippen molar-refractivity contribution in [1.82, 2.24) is 9.80 Å². The highest BCUT2D eigenvalue weighted by Crippen LogP contribution is 2.39. The second-order valence-electron chi connectivity index (χ2n) is 5.88. The molecule has 1 saturated heterocycles. The molecule has 0 radical (unpaired) electrons. The molecule has 0 atom stereocenters. The van der Waals surface area contributed by atoms with Crippen LogP contribution in [0.15, 0.2) is 0 Å². The molecule has 0 aromatic heterocycles. The third kappa shape index (κ3) is 3.07. The third-order valence-electron chi connectivity index (χ3n) is 4.42. The van der Waals surface area contributed by atoms with Gasteiger partial charge in [0.2, 0.25) is 0 Å². The van der Waals surface area contributed by atoms with E-state index in [1.54, 1.807) is 9.80 Å². The second-order valence-corrected chi connectivity index (χ2v) is 6.20. The van der Waals surface area contributed by atoms with Gasteiger partial charge in [0.05, 0.1) is 0 Å². The number of nitrogens with zero attached hydrogens (tertiary/aromatic N) is 2. The van der Waals surface area contributed by atoms with Crippen molar-refractivity contribution in [2.75, 3.05) is 31.9 Å². The van der Waals surface area contributed by atoms with E-state index in [2.05, 4.69) is 12.6 Å². The fraction of sp³-hybridized carbons (Fsp3) is 0.857. The van der Waals surface area contributed by atoms with Crippen molar-refractivity contribution in [3.63, 3.8) is 0 Å². The first-order valence-electron chi connectivity index (χ1n) is 7.31. The van der Waals surface area contributed by atoms with Crippen molar-refractivity contribution in [3.8, 4) is 0 Å². The predicted molar refractivity (Wildman–Crippen MR) is 78.2 cm³/mol. The Hall–Kier alpha value is -0.710. The number of hydrogen-bond acceptors (Lipinski definition) is 3. The number of rotatable bonds is 5. The van der Waals surface area contributed by atoms with E-state index in [1.807, 2.05) is 6.92 Å². The number of hydrogen-bond donors (Lipinski definition) is 1. The Bertz CT molecular complexity index is 353. The zero-order valence-corrected chi connectivity index (χ0v) is 12.6. The zero-order valence-electron chi connectivity index (χ0n) is 11.7. The number of thiol groups is 1. The van der Waals surface area contributed by atoms with Gasteiger partial charge in [-0.15, -0.1) is 0 Å². The van der Waals surface area contributed by atoms with E-state index in [0.29, 0.717) is 26.2 Å². The Kier molecular flexibility index (Phi) is 4.76. The Labute approximate surface area is 120 Å². The Morgan fingerprint density at radius 3 is 2.26 bits per heavy atom. The summed E-state index contributed by atoms with van der Waals surface area (Å²) in [4.78, 5) is 27.6. The van der Waals surface area contributed by atoms with E-state index in [9.17, 15) is 9.59 Å². The molecule has 2 rings (SSSR count). The smallest absolute Gasteiger partial charge is 0.312 e. The third-order valence-corrected chi connectivity index (χ3v) is 5.09. The molecule has 5 heteroatoms. The average Bonchev–Trinajstić information content (AvgIpc) is 2.88. The van der Waals surface area contributed by atoms with Crippen molar-refractivity contribution in [2.24, 2.45) is 5.41 Å². The highest BCUT2D eigenvalue weighted by atomic mass is 32.1. The summed E-state index contributed by atoms with van der Waals surface area (Å²) in [5, 5.41) is 0. The summed E-state index contributed by atoms with van der Waals surface area (Å²) in [5.74, 6) is 0.178. The van der Waals surface area contributed by atoms with Gasteiger partial charge in [0, 0.05) is 26.2 Å². The molecule has 0 bridgehead atoms. The van der Waals surface area contributed by atoms with Gasteiger partial charge in [-0.25, -0.2) is 0 Å². The summed E-state index contributed by atoms with van der Waals surface area (Å²) in [7, 11) is 0. The molecule has 2 aliphatic rings. The molecule has 108 valence electrons. The molecule has 1 aliphatic carbocycles. The second kappa shape index (κ2) is 6.16. The monoisotopic (exact) mass is 284 g/mol. The summed E-state index contributed by atoms with van der Waals surface area (Å²) in [5.41, 5.74) is 0.145. The van der Waals surface area contributed by atoms with E-state index >= 15 is 0 Å². The molecule has 0 unspecified atom stereocenters. The molecule has 0 aromatic carbocycles. The Morgan fingerprint density at radius 1 is 1.11 bits per heavy atom. The first kappa shape index (κ1) is 14.7. The first-order chi connectivity index (χ1) is 9.12. The first-order valence-corrected chi connectivity index (χ1v) is 7.94. The van der Waals surface area contributed by atoms with Gasteiger partial charge >= 0.3 is 11.8 Å². The maximum absolute atomic E-state index is 12.2. The van der Waals surface area contributed by atoms with E-state index < -0.39 is 0 Å². The molecule has 0 N–H and O–H groups in total. The van der Waals surface area contributed by atoms with Gasteiger partial charge in [0.1, 0.15) is 0 Å². The van der Waals surface area contributed by atoms with Gasteiger partial charge in [0.25, 0.3) is 0 Å². The fourth-order valence-electron chi connectivity index (χ4n) is 3.25. The molecule has 1 saturated carbocycles. The minimum atomic E-state index is -0.319. The molecule has 19 heavy (non-hydrogen) atoms. The molecule has 4 nitrogen and oxygen atoms in total. The van der Waals surface area contributed by atoms with Crippen molar-refractivity contribution >= 4 is 24.4 Å². The summed E-state index contributed by atoms with van der Waals surface area (Å²) in [6.45, 7) is 4.79. The van der Waals surface area contributed by atoms with Crippen LogP contribution in [0.25, 0.3) is 0 Å². The maximum atomic E-state index is 12.2. The van der Waals surface area contributed by atoms with E-state index in [4.69, 9.17) is 0 Å². The van der Waals surface area contributed by atoms with Gasteiger partial charge in [-0.2, -0.15) is 12.6 Å². The van der Waals surface area contributed by atoms with Gasteiger partial charge in [-0.1, -0.05) is 19.8 Å². The number of amides is 2. The normalized spacial score (nSPS) is 23.3. The van der Waals surface area contributed by atoms with Crippen LogP contribution in [0.5, 0.6) is 0 Å². The molecule has 0 spiro atoms. The van der Waals surface area contributed by atoms with Crippen LogP contribution in [0, 0.1) is 5.41 Å². The quantitative estimate of drug-likeness (QED) is 0.615. The van der Waals surface area contributed by atoms with Gasteiger partial charge in [-0.3, -0.25) is 9.59 Å². The van der Waals surface area contributed by atoms with Gasteiger partial charge < -0.3 is 9.80 Å². The number of carbonyl (C=O) groups excluding carboxylic acids is 2. The average molecular weight is 284 g/mol.